The Hall–Kier alpha value is -2.23. The molecule has 1 N–H and O–H groups in total. The second-order valence-electron chi connectivity index (χ2n) is 7.60. The third-order valence-electron chi connectivity index (χ3n) is 5.34. The van der Waals surface area contributed by atoms with Gasteiger partial charge in [-0.2, -0.15) is 0 Å². The summed E-state index contributed by atoms with van der Waals surface area (Å²) in [5.41, 5.74) is 2.77. The molecule has 0 radical (unpaired) electrons. The standard InChI is InChI=1S/C24H27O4P/c1-18-10-4-7-13-22(18)28-29(25,27-17-21-16-26-21,23-14-8-5-11-19(23)2)24-15-9-6-12-20(24)3/h4-15,21,25H,16-17H2,1-3H3. The van der Waals surface area contributed by atoms with Crippen LogP contribution in [0.4, 0.5) is 0 Å². The summed E-state index contributed by atoms with van der Waals surface area (Å²) in [7, 11) is -4.53. The molecule has 1 heterocycles. The maximum atomic E-state index is 12.8. The molecule has 0 spiro atoms. The molecule has 0 aliphatic carbocycles. The number of para-hydroxylation sites is 1. The first-order valence-corrected chi connectivity index (χ1v) is 11.9. The van der Waals surface area contributed by atoms with Gasteiger partial charge in [-0.3, -0.25) is 0 Å². The van der Waals surface area contributed by atoms with Crippen molar-refractivity contribution < 1.29 is 18.7 Å². The van der Waals surface area contributed by atoms with Crippen molar-refractivity contribution in [3.63, 3.8) is 0 Å². The van der Waals surface area contributed by atoms with Crippen LogP contribution in [0.5, 0.6) is 5.75 Å². The van der Waals surface area contributed by atoms with E-state index in [2.05, 4.69) is 0 Å². The van der Waals surface area contributed by atoms with Crippen molar-refractivity contribution in [3.8, 4) is 5.75 Å². The molecule has 1 atom stereocenters. The molecule has 0 amide bonds. The molecule has 1 aliphatic heterocycles. The fourth-order valence-electron chi connectivity index (χ4n) is 3.63. The molecule has 1 unspecified atom stereocenters. The van der Waals surface area contributed by atoms with Gasteiger partial charge in [0.05, 0.1) is 0 Å². The first-order chi connectivity index (χ1) is 13.9. The van der Waals surface area contributed by atoms with E-state index in [1.165, 1.54) is 0 Å². The second kappa shape index (κ2) is 7.55. The molecule has 0 bridgehead atoms. The third-order valence-corrected chi connectivity index (χ3v) is 9.21. The van der Waals surface area contributed by atoms with Crippen molar-refractivity contribution >= 4 is 17.9 Å². The normalized spacial score (nSPS) is 17.4. The summed E-state index contributed by atoms with van der Waals surface area (Å²) >= 11 is 0. The van der Waals surface area contributed by atoms with Gasteiger partial charge in [0.25, 0.3) is 0 Å². The number of rotatable bonds is 7. The average Bonchev–Trinajstić information content (AvgIpc) is 3.54. The number of epoxide rings is 1. The number of hydrogen-bond acceptors (Lipinski definition) is 4. The van der Waals surface area contributed by atoms with E-state index in [9.17, 15) is 4.89 Å². The van der Waals surface area contributed by atoms with Crippen LogP contribution in [0.3, 0.4) is 0 Å². The van der Waals surface area contributed by atoms with E-state index in [1.807, 2.05) is 93.6 Å². The first kappa shape index (κ1) is 20.1. The van der Waals surface area contributed by atoms with Gasteiger partial charge in [-0.25, -0.2) is 0 Å². The van der Waals surface area contributed by atoms with Crippen LogP contribution in [0.25, 0.3) is 0 Å². The quantitative estimate of drug-likeness (QED) is 0.465. The number of ether oxygens (including phenoxy) is 1. The Morgan fingerprint density at radius 3 is 1.79 bits per heavy atom. The molecule has 152 valence electrons. The van der Waals surface area contributed by atoms with Crippen molar-refractivity contribution in [1.82, 2.24) is 0 Å². The topological polar surface area (TPSA) is 51.2 Å². The molecule has 4 rings (SSSR count). The van der Waals surface area contributed by atoms with E-state index in [0.717, 1.165) is 16.7 Å². The van der Waals surface area contributed by atoms with Gasteiger partial charge in [0.1, 0.15) is 0 Å². The van der Waals surface area contributed by atoms with Gasteiger partial charge in [-0.15, -0.1) is 0 Å². The predicted molar refractivity (Wildman–Crippen MR) is 118 cm³/mol. The fourth-order valence-corrected chi connectivity index (χ4v) is 7.52. The zero-order valence-corrected chi connectivity index (χ0v) is 17.9. The van der Waals surface area contributed by atoms with Gasteiger partial charge in [-0.05, 0) is 0 Å². The number of hydrogen-bond donors (Lipinski definition) is 1. The van der Waals surface area contributed by atoms with Crippen LogP contribution in [0.1, 0.15) is 16.7 Å². The van der Waals surface area contributed by atoms with Crippen LogP contribution in [-0.2, 0) is 9.26 Å². The Labute approximate surface area is 172 Å². The van der Waals surface area contributed by atoms with E-state index in [0.29, 0.717) is 23.0 Å². The Kier molecular flexibility index (Phi) is 5.22. The van der Waals surface area contributed by atoms with Crippen molar-refractivity contribution in [1.29, 1.82) is 0 Å². The van der Waals surface area contributed by atoms with Gasteiger partial charge in [0.2, 0.25) is 0 Å². The zero-order valence-electron chi connectivity index (χ0n) is 17.0. The predicted octanol–water partition coefficient (Wildman–Crippen LogP) is 4.35. The van der Waals surface area contributed by atoms with E-state index >= 15 is 0 Å². The van der Waals surface area contributed by atoms with Crippen molar-refractivity contribution in [3.05, 3.63) is 89.5 Å². The van der Waals surface area contributed by atoms with E-state index in [-0.39, 0.29) is 12.7 Å². The molecule has 29 heavy (non-hydrogen) atoms. The van der Waals surface area contributed by atoms with Crippen molar-refractivity contribution in [2.75, 3.05) is 13.2 Å². The molecule has 5 heteroatoms. The molecule has 4 nitrogen and oxygen atoms in total. The molecule has 3 aromatic rings. The average molecular weight is 410 g/mol. The Balaban J connectivity index is 2.00. The van der Waals surface area contributed by atoms with Crippen LogP contribution >= 0.6 is 7.28 Å². The maximum absolute atomic E-state index is 12.8. The summed E-state index contributed by atoms with van der Waals surface area (Å²) in [6.45, 7) is 6.82. The van der Waals surface area contributed by atoms with Crippen LogP contribution in [-0.4, -0.2) is 24.2 Å². The monoisotopic (exact) mass is 410 g/mol. The van der Waals surface area contributed by atoms with Gasteiger partial charge in [0, 0.05) is 0 Å². The summed E-state index contributed by atoms with van der Waals surface area (Å²) < 4.78 is 18.5. The Bertz CT molecular complexity index is 983. The molecule has 3 aromatic carbocycles. The molecule has 1 saturated heterocycles. The van der Waals surface area contributed by atoms with Crippen LogP contribution in [0, 0.1) is 20.8 Å². The second-order valence-corrected chi connectivity index (χ2v) is 10.8. The number of aryl methyl sites for hydroxylation is 3. The fraction of sp³-hybridized carbons (Fsp3) is 0.250. The third kappa shape index (κ3) is 3.70. The van der Waals surface area contributed by atoms with Crippen molar-refractivity contribution in [2.24, 2.45) is 0 Å². The minimum absolute atomic E-state index is 0.0165. The van der Waals surface area contributed by atoms with E-state index in [4.69, 9.17) is 13.8 Å². The van der Waals surface area contributed by atoms with E-state index in [1.54, 1.807) is 0 Å². The Morgan fingerprint density at radius 1 is 0.828 bits per heavy atom. The van der Waals surface area contributed by atoms with Gasteiger partial charge in [0.15, 0.2) is 0 Å². The molecule has 0 aromatic heterocycles. The summed E-state index contributed by atoms with van der Waals surface area (Å²) in [6.07, 6.45) is -0.0165. The molecule has 0 saturated carbocycles. The van der Waals surface area contributed by atoms with Crippen LogP contribution in [0.15, 0.2) is 72.8 Å². The number of benzene rings is 3. The molecule has 1 aliphatic rings. The first-order valence-electron chi connectivity index (χ1n) is 9.83. The van der Waals surface area contributed by atoms with E-state index < -0.39 is 7.28 Å². The summed E-state index contributed by atoms with van der Waals surface area (Å²) in [5, 5.41) is 1.36. The minimum atomic E-state index is -4.53. The van der Waals surface area contributed by atoms with Crippen molar-refractivity contribution in [2.45, 2.75) is 26.9 Å². The SMILES string of the molecule is Cc1ccccc1OP(O)(OCC1CO1)(c1ccccc1C)c1ccccc1C. The van der Waals surface area contributed by atoms with Gasteiger partial charge in [-0.1, -0.05) is 0 Å². The summed E-state index contributed by atoms with van der Waals surface area (Å²) in [4.78, 5) is 12.8. The van der Waals surface area contributed by atoms with Gasteiger partial charge < -0.3 is 0 Å². The van der Waals surface area contributed by atoms with Gasteiger partial charge >= 0.3 is 172 Å². The van der Waals surface area contributed by atoms with Crippen LogP contribution in [0.2, 0.25) is 0 Å². The summed E-state index contributed by atoms with van der Waals surface area (Å²) in [6, 6.07) is 23.2. The summed E-state index contributed by atoms with van der Waals surface area (Å²) in [5.74, 6) is 0.607. The Morgan fingerprint density at radius 2 is 1.31 bits per heavy atom. The zero-order chi connectivity index (χ0) is 20.5. The molecular formula is C24H27O4P. The van der Waals surface area contributed by atoms with Crippen LogP contribution < -0.4 is 15.1 Å². The molecular weight excluding hydrogens is 383 g/mol. The molecule has 1 fully saturated rings.